The minimum Gasteiger partial charge on any atom is -0.472 e. The van der Waals surface area contributed by atoms with E-state index in [0.29, 0.717) is 22.6 Å². The number of anilines is 1. The molecule has 2 N–H and O–H groups in total. The number of rotatable bonds is 3. The van der Waals surface area contributed by atoms with Crippen molar-refractivity contribution in [1.82, 2.24) is 4.90 Å². The van der Waals surface area contributed by atoms with E-state index in [9.17, 15) is 9.59 Å². The highest BCUT2D eigenvalue weighted by Crippen LogP contribution is 2.24. The summed E-state index contributed by atoms with van der Waals surface area (Å²) in [7, 11) is 0. The third-order valence-corrected chi connectivity index (χ3v) is 3.43. The van der Waals surface area contributed by atoms with Crippen molar-refractivity contribution in [3.8, 4) is 5.75 Å². The van der Waals surface area contributed by atoms with E-state index in [1.54, 1.807) is 42.5 Å². The van der Waals surface area contributed by atoms with Gasteiger partial charge in [0.05, 0.1) is 11.1 Å². The number of imide groups is 1. The number of carbonyl (C=O) groups excluding carboxylic acids is 2. The van der Waals surface area contributed by atoms with Crippen molar-refractivity contribution in [2.24, 2.45) is 0 Å². The molecule has 1 heterocycles. The van der Waals surface area contributed by atoms with Crippen molar-refractivity contribution < 1.29 is 14.3 Å². The van der Waals surface area contributed by atoms with Crippen molar-refractivity contribution in [3.05, 3.63) is 59.2 Å². The number of hydrogen-bond donors (Lipinski definition) is 1. The molecule has 5 heteroatoms. The van der Waals surface area contributed by atoms with Crippen molar-refractivity contribution in [2.45, 2.75) is 6.92 Å². The summed E-state index contributed by atoms with van der Waals surface area (Å²) < 4.78 is 5.58. The standard InChI is InChI=1S/C16H14N2O3/c1-10-8-11(17)6-7-14(10)21-9-18-15(19)12-4-2-3-5-13(12)16(18)20/h2-8H,9,17H2,1H3. The van der Waals surface area contributed by atoms with Crippen LogP contribution in [0, 0.1) is 6.92 Å². The number of nitrogen functional groups attached to an aromatic ring is 1. The quantitative estimate of drug-likeness (QED) is 0.692. The van der Waals surface area contributed by atoms with Gasteiger partial charge in [0.1, 0.15) is 5.75 Å². The highest BCUT2D eigenvalue weighted by Gasteiger charge is 2.35. The van der Waals surface area contributed by atoms with Crippen LogP contribution in [0.1, 0.15) is 26.3 Å². The van der Waals surface area contributed by atoms with E-state index >= 15 is 0 Å². The smallest absolute Gasteiger partial charge is 0.264 e. The van der Waals surface area contributed by atoms with Crippen LogP contribution in [0.25, 0.3) is 0 Å². The third-order valence-electron chi connectivity index (χ3n) is 3.43. The van der Waals surface area contributed by atoms with Crippen LogP contribution in [0.5, 0.6) is 5.75 Å². The van der Waals surface area contributed by atoms with Crippen molar-refractivity contribution >= 4 is 17.5 Å². The molecule has 2 aromatic rings. The molecule has 0 aromatic heterocycles. The maximum atomic E-state index is 12.2. The molecule has 21 heavy (non-hydrogen) atoms. The van der Waals surface area contributed by atoms with E-state index in [-0.39, 0.29) is 18.5 Å². The van der Waals surface area contributed by atoms with Gasteiger partial charge in [-0.1, -0.05) is 12.1 Å². The van der Waals surface area contributed by atoms with Gasteiger partial charge >= 0.3 is 0 Å². The van der Waals surface area contributed by atoms with Crippen molar-refractivity contribution in [1.29, 1.82) is 0 Å². The van der Waals surface area contributed by atoms with Crippen LogP contribution in [0.4, 0.5) is 5.69 Å². The molecule has 3 rings (SSSR count). The maximum Gasteiger partial charge on any atom is 0.264 e. The Morgan fingerprint density at radius 3 is 2.24 bits per heavy atom. The summed E-state index contributed by atoms with van der Waals surface area (Å²) in [6.45, 7) is 1.74. The Morgan fingerprint density at radius 2 is 1.67 bits per heavy atom. The highest BCUT2D eigenvalue weighted by molar-refractivity contribution is 6.21. The van der Waals surface area contributed by atoms with Gasteiger partial charge in [0, 0.05) is 5.69 Å². The molecule has 0 saturated carbocycles. The Bertz CT molecular complexity index is 705. The van der Waals surface area contributed by atoms with Gasteiger partial charge in [-0.25, -0.2) is 4.90 Å². The molecule has 0 fully saturated rings. The van der Waals surface area contributed by atoms with Crippen LogP contribution < -0.4 is 10.5 Å². The minimum absolute atomic E-state index is 0.114. The molecule has 0 unspecified atom stereocenters. The van der Waals surface area contributed by atoms with Gasteiger partial charge in [0.25, 0.3) is 11.8 Å². The predicted molar refractivity (Wildman–Crippen MR) is 78.0 cm³/mol. The Hall–Kier alpha value is -2.82. The first-order chi connectivity index (χ1) is 10.1. The summed E-state index contributed by atoms with van der Waals surface area (Å²) in [6.07, 6.45) is 0. The minimum atomic E-state index is -0.330. The first-order valence-electron chi connectivity index (χ1n) is 6.52. The molecular weight excluding hydrogens is 268 g/mol. The second kappa shape index (κ2) is 4.94. The van der Waals surface area contributed by atoms with Crippen LogP contribution in [0.15, 0.2) is 42.5 Å². The largest absolute Gasteiger partial charge is 0.472 e. The fourth-order valence-corrected chi connectivity index (χ4v) is 2.33. The van der Waals surface area contributed by atoms with Crippen LogP contribution in [0.3, 0.4) is 0 Å². The van der Waals surface area contributed by atoms with Gasteiger partial charge in [0.15, 0.2) is 6.73 Å². The summed E-state index contributed by atoms with van der Waals surface area (Å²) in [4.78, 5) is 25.4. The van der Waals surface area contributed by atoms with Crippen molar-refractivity contribution in [3.63, 3.8) is 0 Å². The van der Waals surface area contributed by atoms with E-state index in [1.807, 2.05) is 6.92 Å². The zero-order valence-electron chi connectivity index (χ0n) is 11.5. The number of aryl methyl sites for hydroxylation is 1. The van der Waals surface area contributed by atoms with Gasteiger partial charge in [-0.2, -0.15) is 0 Å². The summed E-state index contributed by atoms with van der Waals surface area (Å²) in [6, 6.07) is 12.0. The Labute approximate surface area is 121 Å². The van der Waals surface area contributed by atoms with Crippen LogP contribution >= 0.6 is 0 Å². The molecule has 5 nitrogen and oxygen atoms in total. The monoisotopic (exact) mass is 282 g/mol. The highest BCUT2D eigenvalue weighted by atomic mass is 16.5. The molecule has 0 bridgehead atoms. The lowest BCUT2D eigenvalue weighted by Crippen LogP contribution is -2.33. The average molecular weight is 282 g/mol. The lowest BCUT2D eigenvalue weighted by atomic mass is 10.1. The fourth-order valence-electron chi connectivity index (χ4n) is 2.33. The zero-order chi connectivity index (χ0) is 15.0. The number of fused-ring (bicyclic) bond motifs is 1. The van der Waals surface area contributed by atoms with Crippen LogP contribution in [-0.2, 0) is 0 Å². The second-order valence-electron chi connectivity index (χ2n) is 4.88. The number of ether oxygens (including phenoxy) is 1. The molecule has 0 saturated heterocycles. The normalized spacial score (nSPS) is 13.5. The third kappa shape index (κ3) is 2.23. The molecule has 0 atom stereocenters. The summed E-state index contributed by atoms with van der Waals surface area (Å²) in [5.41, 5.74) is 8.00. The molecule has 2 amide bonds. The van der Waals surface area contributed by atoms with Crippen molar-refractivity contribution in [2.75, 3.05) is 12.5 Å². The molecule has 2 aromatic carbocycles. The molecule has 1 aliphatic rings. The van der Waals surface area contributed by atoms with E-state index < -0.39 is 0 Å². The average Bonchev–Trinajstić information content (AvgIpc) is 2.71. The van der Waals surface area contributed by atoms with Gasteiger partial charge in [0.2, 0.25) is 0 Å². The maximum absolute atomic E-state index is 12.2. The molecule has 0 aliphatic carbocycles. The van der Waals surface area contributed by atoms with E-state index in [4.69, 9.17) is 10.5 Å². The van der Waals surface area contributed by atoms with E-state index in [0.717, 1.165) is 10.5 Å². The van der Waals surface area contributed by atoms with E-state index in [1.165, 1.54) is 0 Å². The number of carbonyl (C=O) groups is 2. The fraction of sp³-hybridized carbons (Fsp3) is 0.125. The van der Waals surface area contributed by atoms with E-state index in [2.05, 4.69) is 0 Å². The predicted octanol–water partition coefficient (Wildman–Crippen LogP) is 2.21. The number of nitrogens with zero attached hydrogens (tertiary/aromatic N) is 1. The van der Waals surface area contributed by atoms with Crippen LogP contribution in [-0.4, -0.2) is 23.4 Å². The Kier molecular flexibility index (Phi) is 3.10. The topological polar surface area (TPSA) is 72.6 Å². The number of benzene rings is 2. The van der Waals surface area contributed by atoms with Gasteiger partial charge in [-0.05, 0) is 42.8 Å². The first-order valence-corrected chi connectivity index (χ1v) is 6.52. The van der Waals surface area contributed by atoms with Gasteiger partial charge in [-0.15, -0.1) is 0 Å². The number of nitrogens with two attached hydrogens (primary N) is 1. The SMILES string of the molecule is Cc1cc(N)ccc1OCN1C(=O)c2ccccc2C1=O. The summed E-state index contributed by atoms with van der Waals surface area (Å²) in [5.74, 6) is -0.0619. The lowest BCUT2D eigenvalue weighted by Gasteiger charge is -2.16. The van der Waals surface area contributed by atoms with Gasteiger partial charge < -0.3 is 10.5 Å². The number of amides is 2. The Morgan fingerprint density at radius 1 is 1.05 bits per heavy atom. The summed E-state index contributed by atoms with van der Waals surface area (Å²) in [5, 5.41) is 0. The van der Waals surface area contributed by atoms with Crippen LogP contribution in [0.2, 0.25) is 0 Å². The zero-order valence-corrected chi connectivity index (χ0v) is 11.5. The molecule has 1 aliphatic heterocycles. The van der Waals surface area contributed by atoms with Gasteiger partial charge in [-0.3, -0.25) is 9.59 Å². The molecular formula is C16H14N2O3. The summed E-state index contributed by atoms with van der Waals surface area (Å²) >= 11 is 0. The second-order valence-corrected chi connectivity index (χ2v) is 4.88. The molecule has 0 radical (unpaired) electrons. The number of hydrogen-bond acceptors (Lipinski definition) is 4. The lowest BCUT2D eigenvalue weighted by molar-refractivity contribution is 0.0521. The Balaban J connectivity index is 1.78. The molecule has 106 valence electrons. The molecule has 0 spiro atoms. The first kappa shape index (κ1) is 13.2.